The molecule has 0 atom stereocenters. The van der Waals surface area contributed by atoms with Crippen molar-refractivity contribution in [1.29, 1.82) is 0 Å². The van der Waals surface area contributed by atoms with E-state index in [1.807, 2.05) is 79.0 Å². The maximum atomic E-state index is 5.83. The number of rotatable bonds is 1. The molecule has 1 aliphatic rings. The Kier molecular flexibility index (Phi) is 9.13. The molecule has 0 saturated carbocycles. The molecule has 0 N–H and O–H groups in total. The molecule has 1 fully saturated rings. The largest absolute Gasteiger partial charge is 0.338 e. The topological polar surface area (TPSA) is 83.8 Å². The van der Waals surface area contributed by atoms with Gasteiger partial charge in [0.15, 0.2) is 0 Å². The van der Waals surface area contributed by atoms with E-state index in [4.69, 9.17) is 34.8 Å². The van der Waals surface area contributed by atoms with Crippen LogP contribution in [0, 0.1) is 0 Å². The number of likely N-dealkylation sites (N-methyl/N-ethyl adjacent to an activating group) is 1. The third kappa shape index (κ3) is 7.08. The van der Waals surface area contributed by atoms with E-state index >= 15 is 0 Å². The summed E-state index contributed by atoms with van der Waals surface area (Å²) in [6, 6.07) is 23.3. The molecular formula is C29H25Cl3N8. The van der Waals surface area contributed by atoms with Crippen molar-refractivity contribution in [2.45, 2.75) is 0 Å². The second-order valence-corrected chi connectivity index (χ2v) is 10.1. The Bertz CT molecular complexity index is 1740. The number of aromatic nitrogens is 6. The van der Waals surface area contributed by atoms with Crippen LogP contribution in [0.15, 0.2) is 85.2 Å². The third-order valence-electron chi connectivity index (χ3n) is 6.25. The van der Waals surface area contributed by atoms with E-state index in [2.05, 4.69) is 46.8 Å². The Morgan fingerprint density at radius 1 is 0.575 bits per heavy atom. The van der Waals surface area contributed by atoms with E-state index in [0.717, 1.165) is 64.8 Å². The molecule has 40 heavy (non-hydrogen) atoms. The fourth-order valence-corrected chi connectivity index (χ4v) is 4.68. The second-order valence-electron chi connectivity index (χ2n) is 9.02. The first-order valence-electron chi connectivity index (χ1n) is 12.6. The Morgan fingerprint density at radius 2 is 1.12 bits per heavy atom. The zero-order chi connectivity index (χ0) is 27.9. The number of para-hydroxylation sites is 3. The van der Waals surface area contributed by atoms with Crippen molar-refractivity contribution in [3.8, 4) is 0 Å². The number of nitrogens with zero attached hydrogens (tertiary/aromatic N) is 8. The summed E-state index contributed by atoms with van der Waals surface area (Å²) >= 11 is 17.0. The molecule has 202 valence electrons. The maximum absolute atomic E-state index is 5.83. The SMILES string of the molecule is CN1CCN(c2ncc3ccccc3n2)CC1.Clc1nc(Cl)c2ccccc2n1.Clc1ncc2ccccc2n1. The molecule has 0 amide bonds. The van der Waals surface area contributed by atoms with Gasteiger partial charge < -0.3 is 9.80 Å². The maximum Gasteiger partial charge on any atom is 0.225 e. The van der Waals surface area contributed by atoms with Crippen molar-refractivity contribution in [3.63, 3.8) is 0 Å². The van der Waals surface area contributed by atoms with Crippen molar-refractivity contribution in [2.24, 2.45) is 0 Å². The molecule has 1 aliphatic heterocycles. The lowest BCUT2D eigenvalue weighted by molar-refractivity contribution is 0.311. The molecule has 6 aromatic rings. The van der Waals surface area contributed by atoms with Gasteiger partial charge in [0.25, 0.3) is 0 Å². The highest BCUT2D eigenvalue weighted by Gasteiger charge is 2.16. The summed E-state index contributed by atoms with van der Waals surface area (Å²) in [5.41, 5.74) is 2.67. The van der Waals surface area contributed by atoms with Crippen molar-refractivity contribution in [1.82, 2.24) is 34.8 Å². The summed E-state index contributed by atoms with van der Waals surface area (Å²) < 4.78 is 0. The monoisotopic (exact) mass is 590 g/mol. The fraction of sp³-hybridized carbons (Fsp3) is 0.172. The minimum atomic E-state index is 0.179. The standard InChI is InChI=1S/C13H16N4.C8H4Cl2N2.C8H5ClN2/c1-16-6-8-17(9-7-16)13-14-10-11-4-2-3-5-12(11)15-13;9-7-5-3-1-2-4-6(5)11-8(10)12-7;9-8-10-5-6-3-1-2-4-7(6)11-8/h2-5,10H,6-9H2,1H3;1-4H;1-5H. The minimum absolute atomic E-state index is 0.179. The van der Waals surface area contributed by atoms with E-state index < -0.39 is 0 Å². The van der Waals surface area contributed by atoms with Crippen LogP contribution in [0.5, 0.6) is 0 Å². The molecule has 11 heteroatoms. The normalized spacial score (nSPS) is 13.4. The third-order valence-corrected chi connectivity index (χ3v) is 6.89. The second kappa shape index (κ2) is 13.1. The number of halogens is 3. The van der Waals surface area contributed by atoms with Crippen LogP contribution in [0.1, 0.15) is 0 Å². The number of anilines is 1. The zero-order valence-corrected chi connectivity index (χ0v) is 23.9. The van der Waals surface area contributed by atoms with Crippen LogP contribution in [0.2, 0.25) is 15.7 Å². The molecule has 4 heterocycles. The Labute approximate surface area is 246 Å². The molecule has 0 bridgehead atoms. The van der Waals surface area contributed by atoms with Gasteiger partial charge in [-0.15, -0.1) is 0 Å². The van der Waals surface area contributed by atoms with E-state index in [-0.39, 0.29) is 5.28 Å². The summed E-state index contributed by atoms with van der Waals surface area (Å²) in [4.78, 5) is 29.4. The van der Waals surface area contributed by atoms with Gasteiger partial charge in [-0.25, -0.2) is 29.9 Å². The predicted octanol–water partition coefficient (Wildman–Crippen LogP) is 6.60. The smallest absolute Gasteiger partial charge is 0.225 e. The summed E-state index contributed by atoms with van der Waals surface area (Å²) in [6.45, 7) is 4.18. The number of hydrogen-bond donors (Lipinski definition) is 0. The molecule has 8 nitrogen and oxygen atoms in total. The van der Waals surface area contributed by atoms with Gasteiger partial charge in [-0.3, -0.25) is 0 Å². The molecule has 0 aliphatic carbocycles. The summed E-state index contributed by atoms with van der Waals surface area (Å²) in [5.74, 6) is 0.858. The van der Waals surface area contributed by atoms with Crippen LogP contribution >= 0.6 is 34.8 Å². The minimum Gasteiger partial charge on any atom is -0.338 e. The van der Waals surface area contributed by atoms with Crippen molar-refractivity contribution in [3.05, 3.63) is 101 Å². The van der Waals surface area contributed by atoms with Crippen LogP contribution in [-0.2, 0) is 0 Å². The molecule has 1 saturated heterocycles. The van der Waals surface area contributed by atoms with Crippen LogP contribution in [0.3, 0.4) is 0 Å². The summed E-state index contributed by atoms with van der Waals surface area (Å²) in [6.07, 6.45) is 3.63. The number of benzene rings is 3. The van der Waals surface area contributed by atoms with Gasteiger partial charge in [0, 0.05) is 54.7 Å². The average Bonchev–Trinajstić information content (AvgIpc) is 2.98. The van der Waals surface area contributed by atoms with Crippen molar-refractivity contribution >= 4 is 73.5 Å². The first-order valence-corrected chi connectivity index (χ1v) is 13.7. The summed E-state index contributed by atoms with van der Waals surface area (Å²) in [5, 5.41) is 3.80. The first-order chi connectivity index (χ1) is 19.5. The van der Waals surface area contributed by atoms with Gasteiger partial charge in [-0.1, -0.05) is 60.1 Å². The molecule has 3 aromatic heterocycles. The molecule has 7 rings (SSSR count). The van der Waals surface area contributed by atoms with E-state index in [9.17, 15) is 0 Å². The Balaban J connectivity index is 0.000000125. The number of hydrogen-bond acceptors (Lipinski definition) is 8. The summed E-state index contributed by atoms with van der Waals surface area (Å²) in [7, 11) is 2.15. The van der Waals surface area contributed by atoms with Crippen LogP contribution in [-0.4, -0.2) is 68.0 Å². The lowest BCUT2D eigenvalue weighted by Crippen LogP contribution is -2.45. The van der Waals surface area contributed by atoms with Crippen molar-refractivity contribution in [2.75, 3.05) is 38.1 Å². The van der Waals surface area contributed by atoms with Gasteiger partial charge in [0.2, 0.25) is 16.5 Å². The van der Waals surface area contributed by atoms with Gasteiger partial charge in [0.1, 0.15) is 5.15 Å². The molecule has 0 radical (unpaired) electrons. The number of fused-ring (bicyclic) bond motifs is 3. The predicted molar refractivity (Wildman–Crippen MR) is 163 cm³/mol. The van der Waals surface area contributed by atoms with E-state index in [1.54, 1.807) is 6.20 Å². The highest BCUT2D eigenvalue weighted by Crippen LogP contribution is 2.21. The fourth-order valence-electron chi connectivity index (χ4n) is 4.08. The van der Waals surface area contributed by atoms with Crippen LogP contribution in [0.4, 0.5) is 5.95 Å². The lowest BCUT2D eigenvalue weighted by atomic mass is 10.2. The van der Waals surface area contributed by atoms with Crippen molar-refractivity contribution < 1.29 is 0 Å². The van der Waals surface area contributed by atoms with Crippen LogP contribution < -0.4 is 4.90 Å². The quantitative estimate of drug-likeness (QED) is 0.156. The average molecular weight is 592 g/mol. The first kappa shape index (κ1) is 27.9. The zero-order valence-electron chi connectivity index (χ0n) is 21.6. The number of piperazine rings is 1. The molecular weight excluding hydrogens is 567 g/mol. The Hall–Kier alpha value is -3.69. The highest BCUT2D eigenvalue weighted by atomic mass is 35.5. The molecule has 0 unspecified atom stereocenters. The molecule has 3 aromatic carbocycles. The van der Waals surface area contributed by atoms with Gasteiger partial charge >= 0.3 is 0 Å². The van der Waals surface area contributed by atoms with E-state index in [0.29, 0.717) is 10.4 Å². The lowest BCUT2D eigenvalue weighted by Gasteiger charge is -2.32. The van der Waals surface area contributed by atoms with Gasteiger partial charge in [0.05, 0.1) is 16.6 Å². The van der Waals surface area contributed by atoms with E-state index in [1.165, 1.54) is 0 Å². The van der Waals surface area contributed by atoms with Gasteiger partial charge in [-0.2, -0.15) is 0 Å². The highest BCUT2D eigenvalue weighted by molar-refractivity contribution is 6.35. The Morgan fingerprint density at radius 3 is 1.82 bits per heavy atom. The van der Waals surface area contributed by atoms with Gasteiger partial charge in [-0.05, 0) is 54.5 Å². The van der Waals surface area contributed by atoms with Crippen LogP contribution in [0.25, 0.3) is 32.7 Å². The molecule has 0 spiro atoms.